The molecule has 0 unspecified atom stereocenters. The standard InChI is InChI=1S/C29H20BrClF2N2O3/c30-16-10-8-15(9-11-16)23-12-17(31)13-24-27-20(14-25(29(37)38)34(23)24)18-4-1-2-7-22(18)35(27)28(36)19-5-3-6-21(32)26(19)33/h1-11,13,23-25H,12,14H2,(H,37,38)/t23-,24+,25-/m0/s1. The van der Waals surface area contributed by atoms with Crippen molar-refractivity contribution in [1.82, 2.24) is 9.47 Å². The Morgan fingerprint density at radius 2 is 1.71 bits per heavy atom. The average molecular weight is 598 g/mol. The van der Waals surface area contributed by atoms with Gasteiger partial charge in [0.15, 0.2) is 11.6 Å². The molecule has 1 aromatic heterocycles. The van der Waals surface area contributed by atoms with Crippen LogP contribution in [-0.4, -0.2) is 32.5 Å². The Hall–Kier alpha value is -3.33. The molecule has 0 spiro atoms. The summed E-state index contributed by atoms with van der Waals surface area (Å²) in [5.41, 5.74) is 2.15. The van der Waals surface area contributed by atoms with Crippen LogP contribution < -0.4 is 0 Å². The number of hydrogen-bond donors (Lipinski definition) is 1. The highest BCUT2D eigenvalue weighted by atomic mass is 79.9. The van der Waals surface area contributed by atoms with Crippen LogP contribution in [0.5, 0.6) is 0 Å². The first-order chi connectivity index (χ1) is 18.3. The lowest BCUT2D eigenvalue weighted by Gasteiger charge is -2.47. The Morgan fingerprint density at radius 3 is 2.45 bits per heavy atom. The van der Waals surface area contributed by atoms with E-state index in [9.17, 15) is 23.5 Å². The van der Waals surface area contributed by atoms with Crippen LogP contribution in [0.4, 0.5) is 8.78 Å². The molecule has 0 bridgehead atoms. The van der Waals surface area contributed by atoms with Crippen molar-refractivity contribution in [2.75, 3.05) is 0 Å². The van der Waals surface area contributed by atoms with Gasteiger partial charge in [0.2, 0.25) is 0 Å². The molecule has 0 aliphatic carbocycles. The van der Waals surface area contributed by atoms with Crippen LogP contribution in [0.25, 0.3) is 10.9 Å². The summed E-state index contributed by atoms with van der Waals surface area (Å²) in [5, 5.41) is 11.6. The van der Waals surface area contributed by atoms with Crippen LogP contribution in [0.1, 0.15) is 45.7 Å². The molecule has 0 amide bonds. The number of aliphatic carboxylic acids is 1. The number of hydrogen-bond acceptors (Lipinski definition) is 3. The van der Waals surface area contributed by atoms with Crippen LogP contribution in [0.3, 0.4) is 0 Å². The average Bonchev–Trinajstić information content (AvgIpc) is 3.24. The molecule has 9 heteroatoms. The van der Waals surface area contributed by atoms with Crippen molar-refractivity contribution >= 4 is 50.3 Å². The minimum absolute atomic E-state index is 0.131. The zero-order chi connectivity index (χ0) is 26.7. The summed E-state index contributed by atoms with van der Waals surface area (Å²) in [6.07, 6.45) is 2.28. The molecule has 5 nitrogen and oxygen atoms in total. The van der Waals surface area contributed by atoms with Crippen molar-refractivity contribution in [3.8, 4) is 0 Å². The van der Waals surface area contributed by atoms with Crippen molar-refractivity contribution in [2.24, 2.45) is 0 Å². The van der Waals surface area contributed by atoms with E-state index >= 15 is 0 Å². The molecule has 4 aromatic rings. The Balaban J connectivity index is 1.62. The van der Waals surface area contributed by atoms with Gasteiger partial charge in [0.05, 0.1) is 22.8 Å². The summed E-state index contributed by atoms with van der Waals surface area (Å²) in [6, 6.07) is 16.2. The molecule has 0 saturated carbocycles. The number of fused-ring (bicyclic) bond motifs is 5. The summed E-state index contributed by atoms with van der Waals surface area (Å²) < 4.78 is 31.2. The Bertz CT molecular complexity index is 1650. The quantitative estimate of drug-likeness (QED) is 0.277. The number of carbonyl (C=O) groups is 2. The van der Waals surface area contributed by atoms with Gasteiger partial charge in [0, 0.05) is 33.8 Å². The van der Waals surface area contributed by atoms with E-state index in [4.69, 9.17) is 11.6 Å². The summed E-state index contributed by atoms with van der Waals surface area (Å²) in [6.45, 7) is 0. The number of para-hydroxylation sites is 1. The van der Waals surface area contributed by atoms with Crippen molar-refractivity contribution < 1.29 is 23.5 Å². The van der Waals surface area contributed by atoms with E-state index in [0.29, 0.717) is 33.6 Å². The fraction of sp³-hybridized carbons (Fsp3) is 0.172. The number of carboxylic acids is 1. The maximum atomic E-state index is 14.8. The van der Waals surface area contributed by atoms with Gasteiger partial charge in [-0.05, 0) is 47.5 Å². The molecular formula is C29H20BrClF2N2O3. The van der Waals surface area contributed by atoms with E-state index in [1.54, 1.807) is 24.3 Å². The molecule has 38 heavy (non-hydrogen) atoms. The van der Waals surface area contributed by atoms with E-state index in [0.717, 1.165) is 16.1 Å². The van der Waals surface area contributed by atoms with E-state index in [1.807, 2.05) is 35.2 Å². The Labute approximate surface area is 230 Å². The third-order valence-electron chi connectivity index (χ3n) is 7.39. The maximum absolute atomic E-state index is 14.8. The molecule has 3 atom stereocenters. The fourth-order valence-corrected chi connectivity index (χ4v) is 6.32. The van der Waals surface area contributed by atoms with Crippen molar-refractivity contribution in [2.45, 2.75) is 31.0 Å². The summed E-state index contributed by atoms with van der Waals surface area (Å²) in [4.78, 5) is 28.4. The number of halogens is 4. The molecule has 1 N–H and O–H groups in total. The second-order valence-corrected chi connectivity index (χ2v) is 10.9. The van der Waals surface area contributed by atoms with Gasteiger partial charge in [-0.1, -0.05) is 63.9 Å². The summed E-state index contributed by atoms with van der Waals surface area (Å²) in [7, 11) is 0. The second-order valence-electron chi connectivity index (χ2n) is 9.46. The van der Waals surface area contributed by atoms with Gasteiger partial charge < -0.3 is 5.11 Å². The summed E-state index contributed by atoms with van der Waals surface area (Å²) in [5.74, 6) is -4.08. The number of rotatable bonds is 3. The van der Waals surface area contributed by atoms with Gasteiger partial charge in [-0.25, -0.2) is 8.78 Å². The first-order valence-electron chi connectivity index (χ1n) is 12.0. The molecule has 3 aromatic carbocycles. The van der Waals surface area contributed by atoms with Gasteiger partial charge in [-0.2, -0.15) is 0 Å². The van der Waals surface area contributed by atoms with Crippen molar-refractivity contribution in [3.05, 3.63) is 116 Å². The van der Waals surface area contributed by atoms with Gasteiger partial charge in [0.1, 0.15) is 6.04 Å². The Kier molecular flexibility index (Phi) is 6.21. The minimum Gasteiger partial charge on any atom is -0.480 e. The SMILES string of the molecule is O=C(O)[C@@H]1Cc2c(n(C(=O)c3cccc(F)c3F)c3ccccc23)[C@H]2C=C(Cl)C[C@@H](c3ccc(Br)cc3)N21. The van der Waals surface area contributed by atoms with Crippen LogP contribution in [0, 0.1) is 11.6 Å². The van der Waals surface area contributed by atoms with Crippen LogP contribution >= 0.6 is 27.5 Å². The molecule has 0 fully saturated rings. The number of nitrogens with zero attached hydrogens (tertiary/aromatic N) is 2. The van der Waals surface area contributed by atoms with Gasteiger partial charge in [-0.15, -0.1) is 0 Å². The van der Waals surface area contributed by atoms with Crippen LogP contribution in [-0.2, 0) is 11.2 Å². The molecule has 2 aliphatic rings. The van der Waals surface area contributed by atoms with Gasteiger partial charge in [0.25, 0.3) is 5.91 Å². The second kappa shape index (κ2) is 9.45. The highest BCUT2D eigenvalue weighted by Crippen LogP contribution is 2.49. The molecule has 6 rings (SSSR count). The zero-order valence-corrected chi connectivity index (χ0v) is 22.1. The molecular weight excluding hydrogens is 578 g/mol. The van der Waals surface area contributed by atoms with Crippen molar-refractivity contribution in [3.63, 3.8) is 0 Å². The predicted molar refractivity (Wildman–Crippen MR) is 143 cm³/mol. The number of carbonyl (C=O) groups excluding carboxylic acids is 1. The largest absolute Gasteiger partial charge is 0.480 e. The minimum atomic E-state index is -1.23. The smallest absolute Gasteiger partial charge is 0.321 e. The predicted octanol–water partition coefficient (Wildman–Crippen LogP) is 6.99. The fourth-order valence-electron chi connectivity index (χ4n) is 5.79. The molecule has 2 aliphatic heterocycles. The number of benzene rings is 3. The first-order valence-corrected chi connectivity index (χ1v) is 13.2. The lowest BCUT2D eigenvalue weighted by Crippen LogP contribution is -2.51. The van der Waals surface area contributed by atoms with Crippen LogP contribution in [0.2, 0.25) is 0 Å². The maximum Gasteiger partial charge on any atom is 0.321 e. The molecule has 0 radical (unpaired) electrons. The number of carboxylic acid groups (broad SMARTS) is 1. The number of aromatic nitrogens is 1. The monoisotopic (exact) mass is 596 g/mol. The molecule has 192 valence electrons. The van der Waals surface area contributed by atoms with Gasteiger partial charge >= 0.3 is 5.97 Å². The van der Waals surface area contributed by atoms with E-state index in [1.165, 1.54) is 16.7 Å². The zero-order valence-electron chi connectivity index (χ0n) is 19.7. The van der Waals surface area contributed by atoms with Crippen molar-refractivity contribution in [1.29, 1.82) is 0 Å². The summed E-state index contributed by atoms with van der Waals surface area (Å²) >= 11 is 10.1. The first kappa shape index (κ1) is 25.0. The normalized spacial score (nSPS) is 21.1. The topological polar surface area (TPSA) is 62.5 Å². The third kappa shape index (κ3) is 3.90. The Morgan fingerprint density at radius 1 is 0.974 bits per heavy atom. The van der Waals surface area contributed by atoms with E-state index in [2.05, 4.69) is 15.9 Å². The highest BCUT2D eigenvalue weighted by Gasteiger charge is 2.47. The lowest BCUT2D eigenvalue weighted by atomic mass is 9.84. The van der Waals surface area contributed by atoms with E-state index in [-0.39, 0.29) is 12.5 Å². The van der Waals surface area contributed by atoms with Crippen LogP contribution in [0.15, 0.2) is 82.3 Å². The third-order valence-corrected chi connectivity index (χ3v) is 8.20. The lowest BCUT2D eigenvalue weighted by molar-refractivity contribution is -0.146. The van der Waals surface area contributed by atoms with Gasteiger partial charge in [-0.3, -0.25) is 19.1 Å². The molecule has 0 saturated heterocycles. The van der Waals surface area contributed by atoms with E-state index < -0.39 is 41.2 Å². The molecule has 3 heterocycles. The highest BCUT2D eigenvalue weighted by molar-refractivity contribution is 9.10.